The van der Waals surface area contributed by atoms with Crippen LogP contribution in [0.25, 0.3) is 0 Å². The first-order valence-electron chi connectivity index (χ1n) is 20.2. The molecule has 0 aromatic heterocycles. The van der Waals surface area contributed by atoms with Gasteiger partial charge in [-0.25, -0.2) is 16.8 Å². The molecule has 0 aliphatic carbocycles. The molecule has 0 N–H and O–H groups in total. The van der Waals surface area contributed by atoms with Crippen LogP contribution in [0.1, 0.15) is 220 Å². The summed E-state index contributed by atoms with van der Waals surface area (Å²) >= 11 is 0. The van der Waals surface area contributed by atoms with E-state index in [4.69, 9.17) is 0 Å². The summed E-state index contributed by atoms with van der Waals surface area (Å²) < 4.78 is 73.1. The van der Waals surface area contributed by atoms with Crippen LogP contribution < -0.4 is 0 Å². The van der Waals surface area contributed by atoms with Crippen molar-refractivity contribution in [2.45, 2.75) is 220 Å². The zero-order valence-electron chi connectivity index (χ0n) is 32.6. The zero-order chi connectivity index (χ0) is 36.2. The summed E-state index contributed by atoms with van der Waals surface area (Å²) in [5.74, 6) is 0.408. The van der Waals surface area contributed by atoms with Crippen molar-refractivity contribution in [2.24, 2.45) is 11.8 Å². The molecule has 49 heavy (non-hydrogen) atoms. The third kappa shape index (κ3) is 49.0. The molecule has 0 heterocycles. The van der Waals surface area contributed by atoms with Gasteiger partial charge in [-0.2, -0.15) is 0 Å². The Hall–Kier alpha value is 1.000. The Morgan fingerprint density at radius 2 is 0.551 bits per heavy atom. The summed E-state index contributed by atoms with van der Waals surface area (Å²) in [6, 6.07) is 0. The van der Waals surface area contributed by atoms with Crippen LogP contribution in [0.15, 0.2) is 0 Å². The molecular weight excluding hydrogens is 689 g/mol. The smallest absolute Gasteiger partial charge is 0.726 e. The van der Waals surface area contributed by atoms with Crippen molar-refractivity contribution in [3.63, 3.8) is 0 Å². The molecule has 0 aliphatic heterocycles. The van der Waals surface area contributed by atoms with Gasteiger partial charge >= 0.3 is 37.7 Å². The van der Waals surface area contributed by atoms with Crippen molar-refractivity contribution in [1.82, 2.24) is 0 Å². The number of hydrogen-bond acceptors (Lipinski definition) is 8. The van der Waals surface area contributed by atoms with Crippen LogP contribution in [0.3, 0.4) is 0 Å². The van der Waals surface area contributed by atoms with Crippen molar-refractivity contribution in [2.75, 3.05) is 13.2 Å². The minimum atomic E-state index is -4.56. The minimum absolute atomic E-state index is 0. The predicted molar refractivity (Wildman–Crippen MR) is 205 cm³/mol. The topological polar surface area (TPSA) is 133 Å². The average Bonchev–Trinajstić information content (AvgIpc) is 3.03. The molecule has 11 heteroatoms. The van der Waals surface area contributed by atoms with Gasteiger partial charge < -0.3 is 9.11 Å². The third-order valence-electron chi connectivity index (χ3n) is 9.26. The van der Waals surface area contributed by atoms with E-state index in [1.807, 2.05) is 0 Å². The van der Waals surface area contributed by atoms with E-state index in [9.17, 15) is 25.9 Å². The fraction of sp³-hybridized carbons (Fsp3) is 1.00. The van der Waals surface area contributed by atoms with E-state index in [0.29, 0.717) is 0 Å². The Labute approximate surface area is 335 Å². The van der Waals surface area contributed by atoms with Crippen LogP contribution in [-0.4, -0.2) is 76.9 Å². The molecule has 2 unspecified atom stereocenters. The van der Waals surface area contributed by atoms with E-state index in [-0.39, 0.29) is 62.8 Å². The van der Waals surface area contributed by atoms with Gasteiger partial charge in [0.2, 0.25) is 20.8 Å². The zero-order valence-corrected chi connectivity index (χ0v) is 36.4. The third-order valence-corrected chi connectivity index (χ3v) is 10.1. The van der Waals surface area contributed by atoms with Gasteiger partial charge in [-0.15, -0.1) is 0 Å². The van der Waals surface area contributed by atoms with Gasteiger partial charge in [-0.05, 0) is 37.5 Å². The number of hydrogen-bond donors (Lipinski definition) is 0. The molecule has 0 radical (unpaired) electrons. The van der Waals surface area contributed by atoms with Crippen LogP contribution >= 0.6 is 0 Å². The maximum atomic E-state index is 10.7. The van der Waals surface area contributed by atoms with Crippen LogP contribution in [-0.2, 0) is 29.2 Å². The minimum Gasteiger partial charge on any atom is -0.726 e. The molecule has 0 amide bonds. The summed E-state index contributed by atoms with van der Waals surface area (Å²) in [7, 11) is -9.11. The summed E-state index contributed by atoms with van der Waals surface area (Å²) in [4.78, 5) is 0. The Morgan fingerprint density at radius 1 is 0.367 bits per heavy atom. The van der Waals surface area contributed by atoms with Crippen molar-refractivity contribution in [1.29, 1.82) is 0 Å². The Bertz CT molecular complexity index is 786. The Morgan fingerprint density at radius 3 is 0.735 bits per heavy atom. The maximum Gasteiger partial charge on any atom is 2.00 e. The van der Waals surface area contributed by atoms with E-state index in [1.54, 1.807) is 0 Å². The number of rotatable bonds is 36. The quantitative estimate of drug-likeness (QED) is 0.0266. The summed E-state index contributed by atoms with van der Waals surface area (Å²) in [5.41, 5.74) is 0. The molecule has 8 nitrogen and oxygen atoms in total. The monoisotopic (exact) mass is 766 g/mol. The molecule has 2 atom stereocenters. The molecule has 0 aromatic carbocycles. The van der Waals surface area contributed by atoms with Gasteiger partial charge in [-0.3, -0.25) is 8.37 Å². The van der Waals surface area contributed by atoms with Gasteiger partial charge in [0.05, 0.1) is 13.2 Å². The average molecular weight is 767 g/mol. The first-order chi connectivity index (χ1) is 23.0. The van der Waals surface area contributed by atoms with E-state index >= 15 is 0 Å². The summed E-state index contributed by atoms with van der Waals surface area (Å²) in [5, 5.41) is 0. The van der Waals surface area contributed by atoms with Crippen LogP contribution in [0, 0.1) is 11.8 Å². The molecule has 0 saturated carbocycles. The second kappa shape index (κ2) is 40.2. The molecule has 0 aliphatic rings. The predicted octanol–water partition coefficient (Wildman–Crippen LogP) is 11.6. The van der Waals surface area contributed by atoms with Gasteiger partial charge in [0.25, 0.3) is 0 Å². The Balaban J connectivity index is -0.000000846. The Kier molecular flexibility index (Phi) is 44.6. The van der Waals surface area contributed by atoms with Crippen molar-refractivity contribution in [3.05, 3.63) is 0 Å². The van der Waals surface area contributed by atoms with Crippen molar-refractivity contribution < 1.29 is 34.3 Å². The van der Waals surface area contributed by atoms with E-state index in [0.717, 1.165) is 51.4 Å². The SMILES string of the molecule is CCCCCCCCCC(CCCCCCCC)COS(=O)(=O)[O-].CCCCCCCCCC(CCCCCCCC)COS(=O)(=O)[O-].[Ca+2]. The van der Waals surface area contributed by atoms with Crippen molar-refractivity contribution in [3.8, 4) is 0 Å². The van der Waals surface area contributed by atoms with Gasteiger partial charge in [0.1, 0.15) is 0 Å². The second-order valence-corrected chi connectivity index (χ2v) is 16.2. The molecule has 0 saturated heterocycles. The molecule has 0 bridgehead atoms. The van der Waals surface area contributed by atoms with Gasteiger partial charge in [-0.1, -0.05) is 195 Å². The molecular formula is C38H78CaO8S2. The second-order valence-electron chi connectivity index (χ2n) is 14.1. The molecule has 292 valence electrons. The van der Waals surface area contributed by atoms with Crippen LogP contribution in [0.5, 0.6) is 0 Å². The van der Waals surface area contributed by atoms with Crippen molar-refractivity contribution >= 4 is 58.5 Å². The first-order valence-corrected chi connectivity index (χ1v) is 22.9. The molecule has 0 spiro atoms. The first kappa shape index (κ1) is 54.3. The fourth-order valence-corrected chi connectivity index (χ4v) is 6.91. The van der Waals surface area contributed by atoms with Crippen LogP contribution in [0.4, 0.5) is 0 Å². The molecule has 0 fully saturated rings. The maximum absolute atomic E-state index is 10.7. The van der Waals surface area contributed by atoms with E-state index in [2.05, 4.69) is 36.1 Å². The molecule has 0 aromatic rings. The summed E-state index contributed by atoms with van der Waals surface area (Å²) in [6.07, 6.45) is 36.1. The summed E-state index contributed by atoms with van der Waals surface area (Å²) in [6.45, 7) is 8.99. The van der Waals surface area contributed by atoms with Gasteiger partial charge in [0.15, 0.2) is 0 Å². The normalized spacial score (nSPS) is 13.0. The van der Waals surface area contributed by atoms with E-state index in [1.165, 1.54) is 141 Å². The van der Waals surface area contributed by atoms with Crippen LogP contribution in [0.2, 0.25) is 0 Å². The fourth-order valence-electron chi connectivity index (χ4n) is 6.19. The largest absolute Gasteiger partial charge is 2.00 e. The van der Waals surface area contributed by atoms with Gasteiger partial charge in [0, 0.05) is 0 Å². The van der Waals surface area contributed by atoms with E-state index < -0.39 is 20.8 Å². The number of unbranched alkanes of at least 4 members (excludes halogenated alkanes) is 22. The molecule has 0 rings (SSSR count). The standard InChI is InChI=1S/2C19H40O4S.Ca/c2*1-3-5-7-9-11-13-15-17-19(18-23-24(20,21)22)16-14-12-10-8-6-4-2;/h2*19H,3-18H2,1-2H3,(H,20,21,22);/q;;+2/p-2.